The van der Waals surface area contributed by atoms with Crippen LogP contribution in [0.1, 0.15) is 32.7 Å². The Morgan fingerprint density at radius 2 is 2.12 bits per heavy atom. The number of fused-ring (bicyclic) bond motifs is 1. The van der Waals surface area contributed by atoms with Crippen molar-refractivity contribution < 1.29 is 18.7 Å². The standard InChI is InChI=1S/C18H14N2O4S/c1-10-9-25-17(20-10)13(7-19)14(21)8-23-18(22)16-11(2)12-5-3-4-6-15(12)24-16/h3-6,9,13H,8H2,1-2H3/t13-/m1/s1. The molecule has 0 unspecified atom stereocenters. The molecule has 126 valence electrons. The van der Waals surface area contributed by atoms with Gasteiger partial charge < -0.3 is 9.15 Å². The Balaban J connectivity index is 1.71. The monoisotopic (exact) mass is 354 g/mol. The number of esters is 1. The highest BCUT2D eigenvalue weighted by Crippen LogP contribution is 2.26. The number of nitriles is 1. The van der Waals surface area contributed by atoms with Gasteiger partial charge in [-0.25, -0.2) is 9.78 Å². The first-order valence-corrected chi connectivity index (χ1v) is 8.39. The average Bonchev–Trinajstić information content (AvgIpc) is 3.18. The molecule has 3 rings (SSSR count). The van der Waals surface area contributed by atoms with Crippen LogP contribution in [0.5, 0.6) is 0 Å². The molecule has 0 amide bonds. The van der Waals surface area contributed by atoms with Crippen LogP contribution in [0.2, 0.25) is 0 Å². The number of hydrogen-bond donors (Lipinski definition) is 0. The van der Waals surface area contributed by atoms with Crippen molar-refractivity contribution in [1.29, 1.82) is 5.26 Å². The third kappa shape index (κ3) is 3.30. The van der Waals surface area contributed by atoms with E-state index in [-0.39, 0.29) is 5.76 Å². The number of benzene rings is 1. The summed E-state index contributed by atoms with van der Waals surface area (Å²) in [6.45, 7) is 3.02. The number of rotatable bonds is 5. The number of carbonyl (C=O) groups is 2. The fourth-order valence-corrected chi connectivity index (χ4v) is 3.29. The SMILES string of the molecule is Cc1csc([C@H](C#N)C(=O)COC(=O)c2oc3ccccc3c2C)n1. The molecule has 0 N–H and O–H groups in total. The van der Waals surface area contributed by atoms with Gasteiger partial charge in [0.1, 0.15) is 10.6 Å². The molecule has 2 heterocycles. The van der Waals surface area contributed by atoms with Gasteiger partial charge in [0.15, 0.2) is 18.3 Å². The smallest absolute Gasteiger partial charge is 0.374 e. The van der Waals surface area contributed by atoms with Gasteiger partial charge in [-0.05, 0) is 19.9 Å². The second-order valence-electron chi connectivity index (χ2n) is 5.48. The molecule has 0 aliphatic heterocycles. The number of para-hydroxylation sites is 1. The van der Waals surface area contributed by atoms with Crippen molar-refractivity contribution in [3.05, 3.63) is 51.7 Å². The predicted molar refractivity (Wildman–Crippen MR) is 91.4 cm³/mol. The van der Waals surface area contributed by atoms with Crippen molar-refractivity contribution in [3.8, 4) is 6.07 Å². The summed E-state index contributed by atoms with van der Waals surface area (Å²) >= 11 is 1.23. The molecule has 0 aliphatic rings. The lowest BCUT2D eigenvalue weighted by atomic mass is 10.1. The summed E-state index contributed by atoms with van der Waals surface area (Å²) in [4.78, 5) is 28.6. The van der Waals surface area contributed by atoms with E-state index in [4.69, 9.17) is 9.15 Å². The molecule has 0 saturated heterocycles. The zero-order chi connectivity index (χ0) is 18.0. The van der Waals surface area contributed by atoms with Gasteiger partial charge in [-0.2, -0.15) is 5.26 Å². The number of aromatic nitrogens is 1. The molecular weight excluding hydrogens is 340 g/mol. The highest BCUT2D eigenvalue weighted by atomic mass is 32.1. The predicted octanol–water partition coefficient (Wildman–Crippen LogP) is 3.54. The summed E-state index contributed by atoms with van der Waals surface area (Å²) in [5.74, 6) is -2.22. The second kappa shape index (κ2) is 6.87. The molecule has 1 aromatic carbocycles. The molecule has 7 heteroatoms. The first-order valence-electron chi connectivity index (χ1n) is 7.51. The van der Waals surface area contributed by atoms with Crippen LogP contribution in [0.25, 0.3) is 11.0 Å². The molecule has 2 aromatic heterocycles. The second-order valence-corrected chi connectivity index (χ2v) is 6.37. The van der Waals surface area contributed by atoms with Crippen molar-refractivity contribution in [1.82, 2.24) is 4.98 Å². The number of Topliss-reactive ketones (excluding diaryl/α,β-unsaturated/α-hetero) is 1. The Hall–Kier alpha value is -2.98. The quantitative estimate of drug-likeness (QED) is 0.651. The molecule has 1 atom stereocenters. The van der Waals surface area contributed by atoms with Crippen LogP contribution >= 0.6 is 11.3 Å². The minimum atomic E-state index is -1.04. The summed E-state index contributed by atoms with van der Waals surface area (Å²) in [6, 6.07) is 9.15. The van der Waals surface area contributed by atoms with E-state index in [9.17, 15) is 14.9 Å². The maximum absolute atomic E-state index is 12.2. The van der Waals surface area contributed by atoms with Crippen molar-refractivity contribution in [3.63, 3.8) is 0 Å². The van der Waals surface area contributed by atoms with Crippen molar-refractivity contribution >= 4 is 34.1 Å². The zero-order valence-corrected chi connectivity index (χ0v) is 14.4. The van der Waals surface area contributed by atoms with E-state index in [1.165, 1.54) is 11.3 Å². The maximum Gasteiger partial charge on any atom is 0.374 e. The van der Waals surface area contributed by atoms with Crippen LogP contribution in [0.3, 0.4) is 0 Å². The lowest BCUT2D eigenvalue weighted by molar-refractivity contribution is -0.122. The first kappa shape index (κ1) is 16.9. The number of carbonyl (C=O) groups excluding carboxylic acids is 2. The van der Waals surface area contributed by atoms with E-state index in [2.05, 4.69) is 4.98 Å². The van der Waals surface area contributed by atoms with E-state index in [1.54, 1.807) is 31.4 Å². The van der Waals surface area contributed by atoms with Gasteiger partial charge in [0, 0.05) is 22.0 Å². The number of nitrogens with zero attached hydrogens (tertiary/aromatic N) is 2. The van der Waals surface area contributed by atoms with Crippen molar-refractivity contribution in [2.24, 2.45) is 0 Å². The normalized spacial score (nSPS) is 11.9. The molecular formula is C18H14N2O4S. The molecule has 3 aromatic rings. The van der Waals surface area contributed by atoms with Crippen LogP contribution in [0.4, 0.5) is 0 Å². The number of furan rings is 1. The van der Waals surface area contributed by atoms with E-state index >= 15 is 0 Å². The van der Waals surface area contributed by atoms with Gasteiger partial charge >= 0.3 is 5.97 Å². The van der Waals surface area contributed by atoms with Gasteiger partial charge in [-0.1, -0.05) is 18.2 Å². The number of thiazole rings is 1. The molecule has 25 heavy (non-hydrogen) atoms. The lowest BCUT2D eigenvalue weighted by Crippen LogP contribution is -2.20. The van der Waals surface area contributed by atoms with Crippen LogP contribution in [-0.4, -0.2) is 23.3 Å². The maximum atomic E-state index is 12.2. The number of hydrogen-bond acceptors (Lipinski definition) is 7. The fraction of sp³-hybridized carbons (Fsp3) is 0.222. The summed E-state index contributed by atoms with van der Waals surface area (Å²) in [5, 5.41) is 12.2. The van der Waals surface area contributed by atoms with Crippen molar-refractivity contribution in [2.75, 3.05) is 6.61 Å². The molecule has 6 nitrogen and oxygen atoms in total. The summed E-state index contributed by atoms with van der Waals surface area (Å²) < 4.78 is 10.6. The minimum absolute atomic E-state index is 0.0626. The van der Waals surface area contributed by atoms with Gasteiger partial charge in [0.25, 0.3) is 0 Å². The minimum Gasteiger partial charge on any atom is -0.452 e. The zero-order valence-electron chi connectivity index (χ0n) is 13.6. The van der Waals surface area contributed by atoms with E-state index < -0.39 is 24.3 Å². The number of ketones is 1. The molecule has 0 aliphatic carbocycles. The summed E-state index contributed by atoms with van der Waals surface area (Å²) in [7, 11) is 0. The third-order valence-corrected chi connectivity index (χ3v) is 4.74. The molecule has 0 radical (unpaired) electrons. The molecule has 0 fully saturated rings. The Morgan fingerprint density at radius 1 is 1.36 bits per heavy atom. The van der Waals surface area contributed by atoms with Gasteiger partial charge in [0.2, 0.25) is 5.76 Å². The Morgan fingerprint density at radius 3 is 2.76 bits per heavy atom. The third-order valence-electron chi connectivity index (χ3n) is 3.71. The molecule has 0 bridgehead atoms. The van der Waals surface area contributed by atoms with Crippen LogP contribution in [0.15, 0.2) is 34.1 Å². The fourth-order valence-electron chi connectivity index (χ4n) is 2.42. The van der Waals surface area contributed by atoms with Crippen LogP contribution in [-0.2, 0) is 9.53 Å². The van der Waals surface area contributed by atoms with E-state index in [1.807, 2.05) is 18.2 Å². The Bertz CT molecular complexity index is 996. The highest BCUT2D eigenvalue weighted by molar-refractivity contribution is 7.09. The van der Waals surface area contributed by atoms with Crippen LogP contribution in [0, 0.1) is 25.2 Å². The van der Waals surface area contributed by atoms with Crippen molar-refractivity contribution in [2.45, 2.75) is 19.8 Å². The van der Waals surface area contributed by atoms with Crippen LogP contribution < -0.4 is 0 Å². The highest BCUT2D eigenvalue weighted by Gasteiger charge is 2.26. The topological polar surface area (TPSA) is 93.2 Å². The lowest BCUT2D eigenvalue weighted by Gasteiger charge is -2.06. The Kier molecular flexibility index (Phi) is 4.63. The molecule has 0 saturated carbocycles. The summed E-state index contributed by atoms with van der Waals surface area (Å²) in [5.41, 5.74) is 1.97. The van der Waals surface area contributed by atoms with Gasteiger partial charge in [0.05, 0.1) is 6.07 Å². The van der Waals surface area contributed by atoms with E-state index in [0.29, 0.717) is 16.2 Å². The van der Waals surface area contributed by atoms with Gasteiger partial charge in [-0.3, -0.25) is 4.79 Å². The Labute approximate surface area is 147 Å². The first-order chi connectivity index (χ1) is 12.0. The molecule has 0 spiro atoms. The number of aryl methyl sites for hydroxylation is 2. The summed E-state index contributed by atoms with van der Waals surface area (Å²) in [6.07, 6.45) is 0. The largest absolute Gasteiger partial charge is 0.452 e. The average molecular weight is 354 g/mol. The van der Waals surface area contributed by atoms with E-state index in [0.717, 1.165) is 11.1 Å². The number of ether oxygens (including phenoxy) is 1. The van der Waals surface area contributed by atoms with Gasteiger partial charge in [-0.15, -0.1) is 11.3 Å².